The fourth-order valence-corrected chi connectivity index (χ4v) is 6.15. The van der Waals surface area contributed by atoms with Gasteiger partial charge in [0.1, 0.15) is 0 Å². The summed E-state index contributed by atoms with van der Waals surface area (Å²) >= 11 is 3.52. The Morgan fingerprint density at radius 2 is 1.66 bits per heavy atom. The van der Waals surface area contributed by atoms with Gasteiger partial charge in [-0.05, 0) is 68.9 Å². The normalized spacial score (nSPS) is 12.2. The minimum absolute atomic E-state index is 0.0448. The van der Waals surface area contributed by atoms with E-state index in [1.54, 1.807) is 22.7 Å². The fraction of sp³-hybridized carbons (Fsp3) is 0.143. The molecule has 0 atom stereocenters. The largest absolute Gasteiger partial charge is 0.256 e. The van der Waals surface area contributed by atoms with Crippen molar-refractivity contribution in [1.29, 1.82) is 0 Å². The van der Waals surface area contributed by atoms with Crippen LogP contribution in [0.25, 0.3) is 52.8 Å². The molecule has 0 aliphatic carbocycles. The molecule has 0 bridgehead atoms. The quantitative estimate of drug-likeness (QED) is 0.264. The van der Waals surface area contributed by atoms with Crippen LogP contribution >= 0.6 is 22.7 Å². The molecule has 156 valence electrons. The number of hydrogen-bond acceptors (Lipinski definition) is 4. The predicted octanol–water partition coefficient (Wildman–Crippen LogP) is 8.69. The molecular weight excluding hydrogens is 428 g/mol. The van der Waals surface area contributed by atoms with Crippen molar-refractivity contribution in [3.05, 3.63) is 84.0 Å². The van der Waals surface area contributed by atoms with Crippen LogP contribution in [0.15, 0.2) is 78.4 Å². The fourth-order valence-electron chi connectivity index (χ4n) is 4.39. The van der Waals surface area contributed by atoms with Crippen molar-refractivity contribution < 1.29 is 0 Å². The van der Waals surface area contributed by atoms with Crippen LogP contribution in [0, 0.1) is 0 Å². The van der Waals surface area contributed by atoms with Crippen LogP contribution in [0.1, 0.15) is 26.3 Å². The van der Waals surface area contributed by atoms with Crippen molar-refractivity contribution in [3.8, 4) is 21.8 Å². The first-order chi connectivity index (χ1) is 15.5. The number of pyridine rings is 2. The Hall–Kier alpha value is -3.08. The number of aromatic nitrogens is 2. The third-order valence-corrected chi connectivity index (χ3v) is 7.97. The molecule has 0 amide bonds. The highest BCUT2D eigenvalue weighted by Crippen LogP contribution is 2.40. The van der Waals surface area contributed by atoms with Gasteiger partial charge in [-0.25, -0.2) is 0 Å². The summed E-state index contributed by atoms with van der Waals surface area (Å²) in [6.45, 7) is 6.84. The van der Waals surface area contributed by atoms with Gasteiger partial charge < -0.3 is 0 Å². The molecule has 6 rings (SSSR count). The summed E-state index contributed by atoms with van der Waals surface area (Å²) < 4.78 is 2.46. The van der Waals surface area contributed by atoms with E-state index < -0.39 is 0 Å². The molecule has 0 saturated carbocycles. The molecule has 0 N–H and O–H groups in total. The number of thiophene rings is 2. The first-order valence-electron chi connectivity index (χ1n) is 10.7. The van der Waals surface area contributed by atoms with Gasteiger partial charge in [-0.2, -0.15) is 0 Å². The zero-order chi connectivity index (χ0) is 21.9. The van der Waals surface area contributed by atoms with E-state index in [1.807, 2.05) is 12.4 Å². The summed E-state index contributed by atoms with van der Waals surface area (Å²) in [5, 5.41) is 7.13. The van der Waals surface area contributed by atoms with Crippen molar-refractivity contribution in [1.82, 2.24) is 9.97 Å². The van der Waals surface area contributed by atoms with Gasteiger partial charge in [0.25, 0.3) is 0 Å². The molecule has 0 fully saturated rings. The zero-order valence-corrected chi connectivity index (χ0v) is 19.8. The van der Waals surface area contributed by atoms with Gasteiger partial charge in [-0.1, -0.05) is 45.0 Å². The number of rotatable bonds is 2. The maximum Gasteiger partial charge on any atom is 0.0809 e. The average molecular weight is 451 g/mol. The van der Waals surface area contributed by atoms with Gasteiger partial charge in [0.05, 0.1) is 21.0 Å². The predicted molar refractivity (Wildman–Crippen MR) is 140 cm³/mol. The van der Waals surface area contributed by atoms with Crippen molar-refractivity contribution in [2.75, 3.05) is 0 Å². The molecule has 0 unspecified atom stereocenters. The molecule has 0 saturated heterocycles. The monoisotopic (exact) mass is 450 g/mol. The van der Waals surface area contributed by atoms with Crippen molar-refractivity contribution >= 4 is 53.6 Å². The van der Waals surface area contributed by atoms with E-state index in [-0.39, 0.29) is 5.41 Å². The van der Waals surface area contributed by atoms with Crippen LogP contribution in [0.3, 0.4) is 0 Å². The standard InChI is InChI=1S/C28H22N2S2/c1-28(2,3)22-13-19(12-17-6-4-5-7-20(17)22)27-21-15-25(32-24(21)8-10-29-27)23-14-18-9-11-31-26(18)16-30-23/h4-16H,1-3H3. The van der Waals surface area contributed by atoms with Crippen LogP contribution in [0.5, 0.6) is 0 Å². The maximum atomic E-state index is 4.84. The molecule has 4 heterocycles. The lowest BCUT2D eigenvalue weighted by atomic mass is 9.82. The van der Waals surface area contributed by atoms with E-state index >= 15 is 0 Å². The average Bonchev–Trinajstić information content (AvgIpc) is 3.43. The molecule has 2 aromatic carbocycles. The Morgan fingerprint density at radius 3 is 2.53 bits per heavy atom. The Bertz CT molecular complexity index is 1620. The van der Waals surface area contributed by atoms with E-state index in [1.165, 1.54) is 46.9 Å². The van der Waals surface area contributed by atoms with E-state index in [4.69, 9.17) is 9.97 Å². The second-order valence-corrected chi connectivity index (χ2v) is 11.2. The summed E-state index contributed by atoms with van der Waals surface area (Å²) in [4.78, 5) is 10.8. The number of hydrogen-bond donors (Lipinski definition) is 0. The lowest BCUT2D eigenvalue weighted by Gasteiger charge is -2.22. The molecule has 2 nitrogen and oxygen atoms in total. The Morgan fingerprint density at radius 1 is 0.781 bits per heavy atom. The summed E-state index contributed by atoms with van der Waals surface area (Å²) in [7, 11) is 0. The number of benzene rings is 2. The van der Waals surface area contributed by atoms with Gasteiger partial charge in [-0.15, -0.1) is 22.7 Å². The van der Waals surface area contributed by atoms with Crippen LogP contribution in [-0.2, 0) is 5.41 Å². The highest BCUT2D eigenvalue weighted by molar-refractivity contribution is 7.22. The summed E-state index contributed by atoms with van der Waals surface area (Å²) in [5.74, 6) is 0. The molecule has 0 spiro atoms. The lowest BCUT2D eigenvalue weighted by Crippen LogP contribution is -2.12. The molecule has 0 aliphatic heterocycles. The topological polar surface area (TPSA) is 25.8 Å². The van der Waals surface area contributed by atoms with Crippen LogP contribution < -0.4 is 0 Å². The zero-order valence-electron chi connectivity index (χ0n) is 18.2. The highest BCUT2D eigenvalue weighted by Gasteiger charge is 2.20. The minimum atomic E-state index is 0.0448. The molecular formula is C28H22N2S2. The minimum Gasteiger partial charge on any atom is -0.256 e. The molecule has 0 radical (unpaired) electrons. The van der Waals surface area contributed by atoms with E-state index in [2.05, 4.69) is 86.8 Å². The Balaban J connectivity index is 1.56. The second kappa shape index (κ2) is 7.22. The van der Waals surface area contributed by atoms with Crippen molar-refractivity contribution in [2.24, 2.45) is 0 Å². The highest BCUT2D eigenvalue weighted by atomic mass is 32.1. The third-order valence-electron chi connectivity index (χ3n) is 5.98. The van der Waals surface area contributed by atoms with Crippen LogP contribution in [0.4, 0.5) is 0 Å². The molecule has 4 heteroatoms. The summed E-state index contributed by atoms with van der Waals surface area (Å²) in [5.41, 5.74) is 4.63. The molecule has 32 heavy (non-hydrogen) atoms. The number of nitrogens with zero attached hydrogens (tertiary/aromatic N) is 2. The summed E-state index contributed by atoms with van der Waals surface area (Å²) in [6.07, 6.45) is 3.91. The third kappa shape index (κ3) is 3.22. The van der Waals surface area contributed by atoms with E-state index in [0.29, 0.717) is 0 Å². The Labute approximate surface area is 195 Å². The van der Waals surface area contributed by atoms with Crippen molar-refractivity contribution in [2.45, 2.75) is 26.2 Å². The molecule has 0 aliphatic rings. The van der Waals surface area contributed by atoms with Gasteiger partial charge in [0.15, 0.2) is 0 Å². The maximum absolute atomic E-state index is 4.84. The van der Waals surface area contributed by atoms with Crippen LogP contribution in [-0.4, -0.2) is 9.97 Å². The smallest absolute Gasteiger partial charge is 0.0809 e. The van der Waals surface area contributed by atoms with E-state index in [0.717, 1.165) is 11.4 Å². The van der Waals surface area contributed by atoms with Gasteiger partial charge in [-0.3, -0.25) is 9.97 Å². The van der Waals surface area contributed by atoms with Crippen molar-refractivity contribution in [3.63, 3.8) is 0 Å². The van der Waals surface area contributed by atoms with E-state index in [9.17, 15) is 0 Å². The Kier molecular flexibility index (Phi) is 4.42. The summed E-state index contributed by atoms with van der Waals surface area (Å²) in [6, 6.07) is 22.0. The van der Waals surface area contributed by atoms with Gasteiger partial charge in [0.2, 0.25) is 0 Å². The van der Waals surface area contributed by atoms with Gasteiger partial charge in [0, 0.05) is 28.0 Å². The SMILES string of the molecule is CC(C)(C)c1cc(-c2nccc3sc(-c4cc5ccsc5cn4)cc23)cc2ccccc12. The second-order valence-electron chi connectivity index (χ2n) is 9.20. The number of fused-ring (bicyclic) bond motifs is 3. The first-order valence-corrected chi connectivity index (χ1v) is 12.4. The molecule has 4 aromatic heterocycles. The van der Waals surface area contributed by atoms with Gasteiger partial charge >= 0.3 is 0 Å². The first kappa shape index (κ1) is 19.6. The lowest BCUT2D eigenvalue weighted by molar-refractivity contribution is 0.596. The van der Waals surface area contributed by atoms with Crippen LogP contribution in [0.2, 0.25) is 0 Å². The molecule has 6 aromatic rings.